The molecule has 1 N–H and O–H groups in total. The first-order valence-electron chi connectivity index (χ1n) is 8.49. The molecule has 26 heavy (non-hydrogen) atoms. The van der Waals surface area contributed by atoms with Crippen LogP contribution in [0.2, 0.25) is 0 Å². The van der Waals surface area contributed by atoms with Crippen LogP contribution < -0.4 is 14.6 Å². The number of benzene rings is 1. The fourth-order valence-corrected chi connectivity index (χ4v) is 4.15. The van der Waals surface area contributed by atoms with Crippen LogP contribution in [0.3, 0.4) is 0 Å². The Kier molecular flexibility index (Phi) is 7.43. The smallest absolute Gasteiger partial charge is 0.274 e. The number of sulfonamides is 1. The lowest BCUT2D eigenvalue weighted by molar-refractivity contribution is -0.367. The number of nitrogens with one attached hydrogen (secondary N) is 1. The second kappa shape index (κ2) is 9.34. The van der Waals surface area contributed by atoms with Crippen molar-refractivity contribution in [3.05, 3.63) is 47.1 Å². The number of aromatic nitrogens is 1. The highest BCUT2D eigenvalue weighted by Gasteiger charge is 2.23. The van der Waals surface area contributed by atoms with Gasteiger partial charge in [-0.15, -0.1) is 0 Å². The van der Waals surface area contributed by atoms with E-state index in [0.29, 0.717) is 26.2 Å². The summed E-state index contributed by atoms with van der Waals surface area (Å²) in [6.07, 6.45) is 1.54. The van der Waals surface area contributed by atoms with Crippen LogP contribution in [-0.2, 0) is 10.0 Å². The largest absolute Gasteiger partial charge is 0.490 e. The Labute approximate surface area is 164 Å². The molecule has 0 radical (unpaired) electrons. The van der Waals surface area contributed by atoms with Crippen LogP contribution in [0.4, 0.5) is 5.82 Å². The summed E-state index contributed by atoms with van der Waals surface area (Å²) in [4.78, 5) is 5.31. The summed E-state index contributed by atoms with van der Waals surface area (Å²) in [5.74, 6) is 1.63. The van der Waals surface area contributed by atoms with Gasteiger partial charge in [0.15, 0.2) is 0 Å². The molecule has 0 aliphatic carbocycles. The second-order valence-electron chi connectivity index (χ2n) is 5.72. The molecule has 0 bridgehead atoms. The van der Waals surface area contributed by atoms with E-state index in [0.717, 1.165) is 16.0 Å². The average Bonchev–Trinajstić information content (AvgIpc) is 2.64. The number of aromatic amines is 1. The summed E-state index contributed by atoms with van der Waals surface area (Å²) in [5, 5.41) is 0. The molecule has 6 nitrogen and oxygen atoms in total. The number of anilines is 1. The van der Waals surface area contributed by atoms with E-state index >= 15 is 0 Å². The minimum Gasteiger partial charge on any atom is -0.490 e. The Morgan fingerprint density at radius 1 is 1.08 bits per heavy atom. The number of halogens is 1. The predicted molar refractivity (Wildman–Crippen MR) is 106 cm³/mol. The number of pyridine rings is 1. The van der Waals surface area contributed by atoms with Crippen LogP contribution in [0.5, 0.6) is 5.75 Å². The standard InChI is InChI=1S/C18H24BrN3O3S/c1-4-22(5-2)26(23,24)17-10-11-18(20-14-17)21(3)12-13-25-16-8-6-15(19)7-9-16/h6-11,14H,4-5,12-13H2,1-3H3/p+1. The first kappa shape index (κ1) is 20.7. The topological polar surface area (TPSA) is 64.0 Å². The zero-order valence-corrected chi connectivity index (χ0v) is 17.7. The molecule has 0 aliphatic heterocycles. The van der Waals surface area contributed by atoms with Crippen molar-refractivity contribution in [2.45, 2.75) is 18.7 Å². The first-order chi connectivity index (χ1) is 12.4. The summed E-state index contributed by atoms with van der Waals surface area (Å²) >= 11 is 3.39. The molecule has 0 spiro atoms. The van der Waals surface area contributed by atoms with Gasteiger partial charge in [-0.25, -0.2) is 13.4 Å². The molecule has 0 saturated heterocycles. The van der Waals surface area contributed by atoms with Crippen molar-refractivity contribution in [3.8, 4) is 5.75 Å². The van der Waals surface area contributed by atoms with Gasteiger partial charge in [0.1, 0.15) is 30.0 Å². The van der Waals surface area contributed by atoms with Gasteiger partial charge < -0.3 is 4.74 Å². The zero-order valence-electron chi connectivity index (χ0n) is 15.3. The predicted octanol–water partition coefficient (Wildman–Crippen LogP) is 2.81. The van der Waals surface area contributed by atoms with E-state index in [1.54, 1.807) is 12.1 Å². The number of H-pyrrole nitrogens is 1. The van der Waals surface area contributed by atoms with E-state index in [4.69, 9.17) is 4.74 Å². The minimum absolute atomic E-state index is 0.268. The highest BCUT2D eigenvalue weighted by Crippen LogP contribution is 2.17. The van der Waals surface area contributed by atoms with E-state index in [1.807, 2.05) is 50.1 Å². The van der Waals surface area contributed by atoms with E-state index in [1.165, 1.54) is 10.5 Å². The molecule has 0 amide bonds. The molecule has 1 heterocycles. The van der Waals surface area contributed by atoms with Gasteiger partial charge in [-0.1, -0.05) is 29.8 Å². The Hall–Kier alpha value is -1.64. The van der Waals surface area contributed by atoms with Gasteiger partial charge in [-0.05, 0) is 30.3 Å². The summed E-state index contributed by atoms with van der Waals surface area (Å²) < 4.78 is 33.2. The normalized spacial score (nSPS) is 11.6. The lowest BCUT2D eigenvalue weighted by Crippen LogP contribution is -2.33. The van der Waals surface area contributed by atoms with Gasteiger partial charge in [0.25, 0.3) is 5.82 Å². The van der Waals surface area contributed by atoms with Gasteiger partial charge in [-0.3, -0.25) is 4.90 Å². The third-order valence-corrected chi connectivity index (χ3v) is 6.61. The van der Waals surface area contributed by atoms with E-state index in [9.17, 15) is 8.42 Å². The zero-order chi connectivity index (χ0) is 19.2. The molecule has 0 atom stereocenters. The molecule has 1 aromatic carbocycles. The van der Waals surface area contributed by atoms with Crippen LogP contribution in [0, 0.1) is 0 Å². The Balaban J connectivity index is 1.95. The molecule has 2 aromatic rings. The van der Waals surface area contributed by atoms with Crippen molar-refractivity contribution in [2.24, 2.45) is 0 Å². The maximum Gasteiger partial charge on any atom is 0.274 e. The fourth-order valence-electron chi connectivity index (χ4n) is 2.46. The van der Waals surface area contributed by atoms with Gasteiger partial charge in [0, 0.05) is 23.6 Å². The van der Waals surface area contributed by atoms with Crippen LogP contribution >= 0.6 is 15.9 Å². The summed E-state index contributed by atoms with van der Waals surface area (Å²) in [7, 11) is -1.52. The quantitative estimate of drug-likeness (QED) is 0.598. The summed E-state index contributed by atoms with van der Waals surface area (Å²) in [6.45, 7) is 5.75. The van der Waals surface area contributed by atoms with Crippen molar-refractivity contribution in [1.82, 2.24) is 4.31 Å². The third kappa shape index (κ3) is 5.18. The lowest BCUT2D eigenvalue weighted by Gasteiger charge is -2.18. The second-order valence-corrected chi connectivity index (χ2v) is 8.58. The summed E-state index contributed by atoms with van der Waals surface area (Å²) in [5.41, 5.74) is 0. The number of ether oxygens (including phenoxy) is 1. The molecule has 8 heteroatoms. The third-order valence-electron chi connectivity index (χ3n) is 4.03. The van der Waals surface area contributed by atoms with E-state index in [-0.39, 0.29) is 4.90 Å². The molecule has 2 rings (SSSR count). The SMILES string of the molecule is CCN(CC)S(=O)(=O)c1ccc(N(C)CCOc2ccc(Br)cc2)[nH+]c1. The van der Waals surface area contributed by atoms with E-state index < -0.39 is 10.0 Å². The molecule has 0 aliphatic rings. The number of rotatable bonds is 9. The van der Waals surface area contributed by atoms with Crippen molar-refractivity contribution < 1.29 is 18.1 Å². The van der Waals surface area contributed by atoms with Crippen molar-refractivity contribution in [3.63, 3.8) is 0 Å². The fraction of sp³-hybridized carbons (Fsp3) is 0.389. The van der Waals surface area contributed by atoms with Gasteiger partial charge in [0.05, 0.1) is 7.05 Å². The van der Waals surface area contributed by atoms with Crippen molar-refractivity contribution in [2.75, 3.05) is 38.2 Å². The summed E-state index contributed by atoms with van der Waals surface area (Å²) in [6, 6.07) is 11.1. The number of hydrogen-bond acceptors (Lipinski definition) is 4. The number of hydrogen-bond donors (Lipinski definition) is 0. The molecular weight excluding hydrogens is 418 g/mol. The van der Waals surface area contributed by atoms with Crippen LogP contribution in [-0.4, -0.2) is 46.0 Å². The average molecular weight is 443 g/mol. The molecule has 0 saturated carbocycles. The lowest BCUT2D eigenvalue weighted by atomic mass is 10.3. The molecule has 1 aromatic heterocycles. The minimum atomic E-state index is -3.45. The monoisotopic (exact) mass is 442 g/mol. The van der Waals surface area contributed by atoms with Crippen molar-refractivity contribution in [1.29, 1.82) is 0 Å². The van der Waals surface area contributed by atoms with Crippen molar-refractivity contribution >= 4 is 31.8 Å². The Morgan fingerprint density at radius 3 is 2.27 bits per heavy atom. The van der Waals surface area contributed by atoms with Gasteiger partial charge >= 0.3 is 0 Å². The number of likely N-dealkylation sites (N-methyl/N-ethyl adjacent to an activating group) is 1. The van der Waals surface area contributed by atoms with Crippen LogP contribution in [0.1, 0.15) is 13.8 Å². The first-order valence-corrected chi connectivity index (χ1v) is 10.7. The number of nitrogens with zero attached hydrogens (tertiary/aromatic N) is 2. The molecular formula is C18H25BrN3O3S+. The Morgan fingerprint density at radius 2 is 1.73 bits per heavy atom. The highest BCUT2D eigenvalue weighted by atomic mass is 79.9. The molecule has 0 fully saturated rings. The highest BCUT2D eigenvalue weighted by molar-refractivity contribution is 9.10. The maximum atomic E-state index is 12.5. The molecule has 142 valence electrons. The van der Waals surface area contributed by atoms with Crippen LogP contribution in [0.25, 0.3) is 0 Å². The Bertz CT molecular complexity index is 791. The molecule has 0 unspecified atom stereocenters. The van der Waals surface area contributed by atoms with Gasteiger partial charge in [0.2, 0.25) is 10.0 Å². The van der Waals surface area contributed by atoms with Gasteiger partial charge in [-0.2, -0.15) is 4.31 Å². The van der Waals surface area contributed by atoms with E-state index in [2.05, 4.69) is 20.9 Å². The maximum absolute atomic E-state index is 12.5. The van der Waals surface area contributed by atoms with Crippen LogP contribution in [0.15, 0.2) is 52.0 Å².